The average Bonchev–Trinajstić information content (AvgIpc) is 2.61. The van der Waals surface area contributed by atoms with E-state index in [1.54, 1.807) is 7.11 Å². The second-order valence-electron chi connectivity index (χ2n) is 6.50. The Morgan fingerprint density at radius 3 is 2.42 bits per heavy atom. The molecular weight excluding hydrogens is 308 g/mol. The van der Waals surface area contributed by atoms with E-state index in [1.807, 2.05) is 37.3 Å². The van der Waals surface area contributed by atoms with Gasteiger partial charge in [0.25, 0.3) is 0 Å². The van der Waals surface area contributed by atoms with Gasteiger partial charge in [-0.1, -0.05) is 44.2 Å². The average molecular weight is 336 g/mol. The van der Waals surface area contributed by atoms with Crippen LogP contribution in [0.15, 0.2) is 30.3 Å². The van der Waals surface area contributed by atoms with Crippen molar-refractivity contribution in [3.8, 4) is 0 Å². The standard InChI is InChI=1S/C19H28O5/c1-12-16(23-11-15-9-7-6-8-10-15)14(3)19(22-5)24-17(12)13(2)18(20)21-4/h6-10,12-14,16-17,19H,11H2,1-5H3/t12-,13+,14+,16+,17-,19-/m1/s1. The molecule has 0 radical (unpaired) electrons. The lowest BCUT2D eigenvalue weighted by Crippen LogP contribution is -2.53. The zero-order chi connectivity index (χ0) is 17.7. The molecule has 0 spiro atoms. The minimum Gasteiger partial charge on any atom is -0.469 e. The van der Waals surface area contributed by atoms with Crippen LogP contribution < -0.4 is 0 Å². The van der Waals surface area contributed by atoms with Crippen LogP contribution >= 0.6 is 0 Å². The Morgan fingerprint density at radius 1 is 1.17 bits per heavy atom. The zero-order valence-electron chi connectivity index (χ0n) is 15.1. The van der Waals surface area contributed by atoms with E-state index in [0.29, 0.717) is 6.61 Å². The Bertz CT molecular complexity index is 518. The summed E-state index contributed by atoms with van der Waals surface area (Å²) in [6.07, 6.45) is -0.778. The smallest absolute Gasteiger partial charge is 0.311 e. The summed E-state index contributed by atoms with van der Waals surface area (Å²) in [4.78, 5) is 11.9. The van der Waals surface area contributed by atoms with Crippen LogP contribution in [0.5, 0.6) is 0 Å². The number of benzene rings is 1. The molecule has 1 aliphatic heterocycles. The van der Waals surface area contributed by atoms with Gasteiger partial charge in [-0.2, -0.15) is 0 Å². The number of carbonyl (C=O) groups is 1. The molecule has 5 nitrogen and oxygen atoms in total. The molecule has 1 saturated heterocycles. The Hall–Kier alpha value is -1.43. The highest BCUT2D eigenvalue weighted by molar-refractivity contribution is 5.72. The summed E-state index contributed by atoms with van der Waals surface area (Å²) in [5.74, 6) is -0.546. The van der Waals surface area contributed by atoms with Gasteiger partial charge in [-0.3, -0.25) is 4.79 Å². The number of methoxy groups -OCH3 is 2. The van der Waals surface area contributed by atoms with E-state index in [9.17, 15) is 4.79 Å². The van der Waals surface area contributed by atoms with Crippen molar-refractivity contribution in [2.24, 2.45) is 17.8 Å². The van der Waals surface area contributed by atoms with Gasteiger partial charge in [0.2, 0.25) is 0 Å². The lowest BCUT2D eigenvalue weighted by Gasteiger charge is -2.45. The highest BCUT2D eigenvalue weighted by atomic mass is 16.7. The number of ether oxygens (including phenoxy) is 4. The molecule has 0 unspecified atom stereocenters. The molecule has 24 heavy (non-hydrogen) atoms. The third-order valence-corrected chi connectivity index (χ3v) is 4.86. The maximum Gasteiger partial charge on any atom is 0.311 e. The molecular formula is C19H28O5. The predicted octanol–water partition coefficient (Wildman–Crippen LogP) is 3.02. The van der Waals surface area contributed by atoms with E-state index < -0.39 is 6.29 Å². The SMILES string of the molecule is COC(=O)[C@@H](C)[C@@H]1O[C@@H](OC)[C@@H](C)[C@@H](OCc2ccccc2)[C@H]1C. The van der Waals surface area contributed by atoms with E-state index in [-0.39, 0.29) is 35.9 Å². The summed E-state index contributed by atoms with van der Waals surface area (Å²) in [6, 6.07) is 10.1. The first-order chi connectivity index (χ1) is 11.5. The highest BCUT2D eigenvalue weighted by Gasteiger charge is 2.46. The maximum absolute atomic E-state index is 11.9. The summed E-state index contributed by atoms with van der Waals surface area (Å²) in [5, 5.41) is 0. The van der Waals surface area contributed by atoms with Crippen LogP contribution in [0.1, 0.15) is 26.3 Å². The highest BCUT2D eigenvalue weighted by Crippen LogP contribution is 2.36. The lowest BCUT2D eigenvalue weighted by molar-refractivity contribution is -0.271. The molecule has 1 aliphatic rings. The van der Waals surface area contributed by atoms with Crippen LogP contribution in [0.25, 0.3) is 0 Å². The quantitative estimate of drug-likeness (QED) is 0.748. The fraction of sp³-hybridized carbons (Fsp3) is 0.632. The monoisotopic (exact) mass is 336 g/mol. The first-order valence-corrected chi connectivity index (χ1v) is 8.41. The van der Waals surface area contributed by atoms with Crippen molar-refractivity contribution in [1.29, 1.82) is 0 Å². The molecule has 0 amide bonds. The molecule has 6 atom stereocenters. The minimum atomic E-state index is -0.404. The predicted molar refractivity (Wildman–Crippen MR) is 90.2 cm³/mol. The third-order valence-electron chi connectivity index (χ3n) is 4.86. The molecule has 0 saturated carbocycles. The summed E-state index contributed by atoms with van der Waals surface area (Å²) in [6.45, 7) is 6.46. The number of rotatable bonds is 6. The van der Waals surface area contributed by atoms with Crippen LogP contribution in [0.2, 0.25) is 0 Å². The second kappa shape index (κ2) is 8.60. The summed E-state index contributed by atoms with van der Waals surface area (Å²) >= 11 is 0. The molecule has 0 bridgehead atoms. The van der Waals surface area contributed by atoms with Gasteiger partial charge in [-0.05, 0) is 12.5 Å². The Labute approximate surface area is 144 Å². The molecule has 2 rings (SSSR count). The van der Waals surface area contributed by atoms with Crippen LogP contribution in [0.4, 0.5) is 0 Å². The summed E-state index contributed by atoms with van der Waals surface area (Å²) in [5.41, 5.74) is 1.12. The van der Waals surface area contributed by atoms with Gasteiger partial charge in [-0.25, -0.2) is 0 Å². The van der Waals surface area contributed by atoms with Crippen molar-refractivity contribution in [2.45, 2.75) is 45.9 Å². The van der Waals surface area contributed by atoms with Crippen molar-refractivity contribution >= 4 is 5.97 Å². The topological polar surface area (TPSA) is 54.0 Å². The van der Waals surface area contributed by atoms with Gasteiger partial charge in [0.15, 0.2) is 6.29 Å². The summed E-state index contributed by atoms with van der Waals surface area (Å²) in [7, 11) is 3.01. The van der Waals surface area contributed by atoms with Crippen molar-refractivity contribution in [2.75, 3.05) is 14.2 Å². The Balaban J connectivity index is 2.12. The molecule has 1 aromatic rings. The number of hydrogen-bond donors (Lipinski definition) is 0. The minimum absolute atomic E-state index is 0.0456. The number of carbonyl (C=O) groups excluding carboxylic acids is 1. The van der Waals surface area contributed by atoms with Gasteiger partial charge < -0.3 is 18.9 Å². The Morgan fingerprint density at radius 2 is 1.83 bits per heavy atom. The van der Waals surface area contributed by atoms with Gasteiger partial charge in [0.1, 0.15) is 0 Å². The van der Waals surface area contributed by atoms with Gasteiger partial charge in [0.05, 0.1) is 31.8 Å². The maximum atomic E-state index is 11.9. The molecule has 0 aliphatic carbocycles. The van der Waals surface area contributed by atoms with Crippen LogP contribution in [0, 0.1) is 17.8 Å². The van der Waals surface area contributed by atoms with Crippen LogP contribution in [-0.2, 0) is 30.3 Å². The van der Waals surface area contributed by atoms with E-state index in [1.165, 1.54) is 7.11 Å². The van der Waals surface area contributed by atoms with Crippen molar-refractivity contribution in [1.82, 2.24) is 0 Å². The van der Waals surface area contributed by atoms with Gasteiger partial charge in [0, 0.05) is 18.9 Å². The lowest BCUT2D eigenvalue weighted by atomic mass is 9.81. The van der Waals surface area contributed by atoms with E-state index in [2.05, 4.69) is 13.8 Å². The van der Waals surface area contributed by atoms with Crippen LogP contribution in [-0.4, -0.2) is 38.7 Å². The van der Waals surface area contributed by atoms with Gasteiger partial charge >= 0.3 is 5.97 Å². The first-order valence-electron chi connectivity index (χ1n) is 8.41. The largest absolute Gasteiger partial charge is 0.469 e. The van der Waals surface area contributed by atoms with Crippen molar-refractivity contribution < 1.29 is 23.7 Å². The third kappa shape index (κ3) is 4.15. The molecule has 1 heterocycles. The van der Waals surface area contributed by atoms with Crippen molar-refractivity contribution in [3.63, 3.8) is 0 Å². The number of hydrogen-bond acceptors (Lipinski definition) is 5. The van der Waals surface area contributed by atoms with E-state index in [4.69, 9.17) is 18.9 Å². The molecule has 1 aromatic carbocycles. The molecule has 0 aromatic heterocycles. The second-order valence-corrected chi connectivity index (χ2v) is 6.50. The molecule has 5 heteroatoms. The van der Waals surface area contributed by atoms with Gasteiger partial charge in [-0.15, -0.1) is 0 Å². The summed E-state index contributed by atoms with van der Waals surface area (Å²) < 4.78 is 22.6. The molecule has 134 valence electrons. The molecule has 0 N–H and O–H groups in total. The first kappa shape index (κ1) is 18.9. The normalized spacial score (nSPS) is 31.5. The number of esters is 1. The Kier molecular flexibility index (Phi) is 6.78. The van der Waals surface area contributed by atoms with Crippen LogP contribution in [0.3, 0.4) is 0 Å². The fourth-order valence-electron chi connectivity index (χ4n) is 3.46. The van der Waals surface area contributed by atoms with E-state index >= 15 is 0 Å². The van der Waals surface area contributed by atoms with E-state index in [0.717, 1.165) is 5.56 Å². The molecule has 1 fully saturated rings. The van der Waals surface area contributed by atoms with Crippen molar-refractivity contribution in [3.05, 3.63) is 35.9 Å². The zero-order valence-corrected chi connectivity index (χ0v) is 15.1. The fourth-order valence-corrected chi connectivity index (χ4v) is 3.46.